The number of allylic oxidation sites excluding steroid dienone is 4. The smallest absolute Gasteiger partial charge is 0.191 e. The molecule has 3 aromatic carbocycles. The van der Waals surface area contributed by atoms with Gasteiger partial charge in [-0.3, -0.25) is 9.59 Å². The minimum absolute atomic E-state index is 0.0692. The predicted octanol–water partition coefficient (Wildman–Crippen LogP) is 5.69. The maximum atomic E-state index is 13.6. The summed E-state index contributed by atoms with van der Waals surface area (Å²) >= 11 is 0. The highest BCUT2D eigenvalue weighted by Gasteiger charge is 2.36. The Hall–Kier alpha value is -3.72. The first-order valence-corrected chi connectivity index (χ1v) is 10.0. The highest BCUT2D eigenvalue weighted by Crippen LogP contribution is 2.40. The Labute approximate surface area is 176 Å². The number of rotatable bonds is 5. The second-order valence-electron chi connectivity index (χ2n) is 7.44. The number of dihydropyridines is 1. The van der Waals surface area contributed by atoms with Gasteiger partial charge in [-0.1, -0.05) is 91.0 Å². The van der Waals surface area contributed by atoms with E-state index in [0.29, 0.717) is 22.3 Å². The molecule has 3 aromatic rings. The second-order valence-corrected chi connectivity index (χ2v) is 7.44. The topological polar surface area (TPSA) is 46.2 Å². The van der Waals surface area contributed by atoms with E-state index in [-0.39, 0.29) is 11.6 Å². The Balaban J connectivity index is 1.89. The van der Waals surface area contributed by atoms with Gasteiger partial charge in [0.2, 0.25) is 0 Å². The molecule has 1 aliphatic rings. The summed E-state index contributed by atoms with van der Waals surface area (Å²) in [5, 5.41) is 3.30. The molecule has 148 valence electrons. The lowest BCUT2D eigenvalue weighted by Gasteiger charge is -2.31. The van der Waals surface area contributed by atoms with Gasteiger partial charge < -0.3 is 5.32 Å². The van der Waals surface area contributed by atoms with Crippen LogP contribution in [0.2, 0.25) is 0 Å². The molecule has 3 heteroatoms. The third kappa shape index (κ3) is 3.62. The van der Waals surface area contributed by atoms with E-state index < -0.39 is 5.92 Å². The number of Topliss-reactive ketones (excluding diaryl/α,β-unsaturated/α-hetero) is 2. The first kappa shape index (κ1) is 19.6. The minimum atomic E-state index is -0.437. The number of ketones is 2. The van der Waals surface area contributed by atoms with Crippen molar-refractivity contribution in [1.82, 2.24) is 5.32 Å². The van der Waals surface area contributed by atoms with Crippen molar-refractivity contribution in [1.29, 1.82) is 0 Å². The zero-order valence-electron chi connectivity index (χ0n) is 17.1. The summed E-state index contributed by atoms with van der Waals surface area (Å²) in [6, 6.07) is 28.2. The molecule has 0 radical (unpaired) electrons. The Morgan fingerprint density at radius 1 is 0.600 bits per heavy atom. The van der Waals surface area contributed by atoms with Crippen molar-refractivity contribution in [3.63, 3.8) is 0 Å². The molecular weight excluding hydrogens is 370 g/mol. The van der Waals surface area contributed by atoms with Crippen molar-refractivity contribution in [2.45, 2.75) is 19.8 Å². The van der Waals surface area contributed by atoms with Crippen molar-refractivity contribution < 1.29 is 9.59 Å². The van der Waals surface area contributed by atoms with Crippen LogP contribution in [-0.2, 0) is 0 Å². The van der Waals surface area contributed by atoms with E-state index in [9.17, 15) is 9.59 Å². The second kappa shape index (κ2) is 8.34. The van der Waals surface area contributed by atoms with E-state index in [0.717, 1.165) is 17.0 Å². The SMILES string of the molecule is CC1=C(C(=O)c2ccccc2)C(c2ccccc2)C(C(=O)c2ccccc2)=C(C)N1. The standard InChI is InChI=1S/C27H23NO2/c1-18-23(26(29)21-14-8-4-9-15-21)25(20-12-6-3-7-13-20)24(19(2)28-18)27(30)22-16-10-5-11-17-22/h3-17,25,28H,1-2H3. The average Bonchev–Trinajstić information content (AvgIpc) is 2.79. The van der Waals surface area contributed by atoms with Gasteiger partial charge in [0.05, 0.1) is 0 Å². The molecule has 0 aliphatic carbocycles. The van der Waals surface area contributed by atoms with Crippen molar-refractivity contribution in [2.75, 3.05) is 0 Å². The molecule has 0 unspecified atom stereocenters. The van der Waals surface area contributed by atoms with Crippen molar-refractivity contribution in [2.24, 2.45) is 0 Å². The maximum Gasteiger partial charge on any atom is 0.191 e. The lowest BCUT2D eigenvalue weighted by Crippen LogP contribution is -2.31. The molecule has 0 bridgehead atoms. The molecule has 0 spiro atoms. The predicted molar refractivity (Wildman–Crippen MR) is 119 cm³/mol. The molecule has 0 aromatic heterocycles. The fourth-order valence-corrected chi connectivity index (χ4v) is 4.06. The van der Waals surface area contributed by atoms with Gasteiger partial charge in [0.1, 0.15) is 0 Å². The molecule has 1 heterocycles. The van der Waals surface area contributed by atoms with Crippen LogP contribution in [0.4, 0.5) is 0 Å². The fourth-order valence-electron chi connectivity index (χ4n) is 4.06. The Morgan fingerprint density at radius 3 is 1.37 bits per heavy atom. The van der Waals surface area contributed by atoms with Crippen LogP contribution in [-0.4, -0.2) is 11.6 Å². The van der Waals surface area contributed by atoms with E-state index >= 15 is 0 Å². The first-order valence-electron chi connectivity index (χ1n) is 10.0. The van der Waals surface area contributed by atoms with Crippen LogP contribution >= 0.6 is 0 Å². The quantitative estimate of drug-likeness (QED) is 0.567. The monoisotopic (exact) mass is 393 g/mol. The third-order valence-electron chi connectivity index (χ3n) is 5.45. The number of carbonyl (C=O) groups is 2. The van der Waals surface area contributed by atoms with E-state index in [1.807, 2.05) is 105 Å². The van der Waals surface area contributed by atoms with Gasteiger partial charge in [0.15, 0.2) is 11.6 Å². The Kier molecular flexibility index (Phi) is 5.44. The Bertz CT molecular complexity index is 1070. The van der Waals surface area contributed by atoms with Gasteiger partial charge >= 0.3 is 0 Å². The highest BCUT2D eigenvalue weighted by atomic mass is 16.1. The number of carbonyl (C=O) groups excluding carboxylic acids is 2. The van der Waals surface area contributed by atoms with Gasteiger partial charge in [0, 0.05) is 39.6 Å². The summed E-state index contributed by atoms with van der Waals surface area (Å²) in [7, 11) is 0. The molecule has 3 nitrogen and oxygen atoms in total. The van der Waals surface area contributed by atoms with Crippen molar-refractivity contribution in [3.05, 3.63) is 130 Å². The number of benzene rings is 3. The summed E-state index contributed by atoms with van der Waals surface area (Å²) < 4.78 is 0. The molecule has 0 saturated carbocycles. The normalized spacial score (nSPS) is 14.5. The number of nitrogens with one attached hydrogen (secondary N) is 1. The van der Waals surface area contributed by atoms with Gasteiger partial charge in [-0.2, -0.15) is 0 Å². The molecule has 0 atom stereocenters. The lowest BCUT2D eigenvalue weighted by molar-refractivity contribution is 0.101. The zero-order valence-corrected chi connectivity index (χ0v) is 17.1. The summed E-state index contributed by atoms with van der Waals surface area (Å²) in [5.41, 5.74) is 4.92. The van der Waals surface area contributed by atoms with Gasteiger partial charge in [-0.15, -0.1) is 0 Å². The molecule has 4 rings (SSSR count). The maximum absolute atomic E-state index is 13.6. The van der Waals surface area contributed by atoms with E-state index in [1.54, 1.807) is 0 Å². The van der Waals surface area contributed by atoms with Crippen LogP contribution in [0.5, 0.6) is 0 Å². The summed E-state index contributed by atoms with van der Waals surface area (Å²) in [6.07, 6.45) is 0. The largest absolute Gasteiger partial charge is 0.362 e. The third-order valence-corrected chi connectivity index (χ3v) is 5.45. The van der Waals surface area contributed by atoms with Crippen LogP contribution in [0, 0.1) is 0 Å². The fraction of sp³-hybridized carbons (Fsp3) is 0.111. The van der Waals surface area contributed by atoms with Gasteiger partial charge in [-0.25, -0.2) is 0 Å². The first-order chi connectivity index (χ1) is 14.6. The summed E-state index contributed by atoms with van der Waals surface area (Å²) in [5.74, 6) is -0.575. The summed E-state index contributed by atoms with van der Waals surface area (Å²) in [6.45, 7) is 3.80. The van der Waals surface area contributed by atoms with E-state index in [2.05, 4.69) is 5.32 Å². The number of hydrogen-bond donors (Lipinski definition) is 1. The van der Waals surface area contributed by atoms with Crippen LogP contribution < -0.4 is 5.32 Å². The molecule has 0 amide bonds. The molecule has 30 heavy (non-hydrogen) atoms. The van der Waals surface area contributed by atoms with E-state index in [1.165, 1.54) is 0 Å². The molecule has 1 aliphatic heterocycles. The van der Waals surface area contributed by atoms with E-state index in [4.69, 9.17) is 0 Å². The van der Waals surface area contributed by atoms with Crippen molar-refractivity contribution in [3.8, 4) is 0 Å². The molecule has 0 fully saturated rings. The van der Waals surface area contributed by atoms with Crippen LogP contribution in [0.15, 0.2) is 114 Å². The van der Waals surface area contributed by atoms with Crippen LogP contribution in [0.1, 0.15) is 46.0 Å². The Morgan fingerprint density at radius 2 is 0.967 bits per heavy atom. The van der Waals surface area contributed by atoms with Crippen LogP contribution in [0.25, 0.3) is 0 Å². The molecule has 1 N–H and O–H groups in total. The number of hydrogen-bond acceptors (Lipinski definition) is 3. The average molecular weight is 393 g/mol. The van der Waals surface area contributed by atoms with Gasteiger partial charge in [-0.05, 0) is 19.4 Å². The van der Waals surface area contributed by atoms with Crippen molar-refractivity contribution >= 4 is 11.6 Å². The molecular formula is C27H23NO2. The zero-order chi connectivity index (χ0) is 21.1. The van der Waals surface area contributed by atoms with Crippen LogP contribution in [0.3, 0.4) is 0 Å². The molecule has 0 saturated heterocycles. The lowest BCUT2D eigenvalue weighted by atomic mass is 9.75. The van der Waals surface area contributed by atoms with Gasteiger partial charge in [0.25, 0.3) is 0 Å². The minimum Gasteiger partial charge on any atom is -0.362 e. The highest BCUT2D eigenvalue weighted by molar-refractivity contribution is 6.16. The summed E-state index contributed by atoms with van der Waals surface area (Å²) in [4.78, 5) is 27.1.